The molecule has 2 N–H and O–H groups in total. The maximum Gasteiger partial charge on any atom is 0.133 e. The fourth-order valence-corrected chi connectivity index (χ4v) is 2.49. The van der Waals surface area contributed by atoms with Crippen LogP contribution in [-0.2, 0) is 4.79 Å². The Kier molecular flexibility index (Phi) is 1.93. The molecule has 0 amide bonds. The summed E-state index contributed by atoms with van der Waals surface area (Å²) in [5.74, 6) is 0.984. The summed E-state index contributed by atoms with van der Waals surface area (Å²) in [5.41, 5.74) is 0. The van der Waals surface area contributed by atoms with Gasteiger partial charge in [-0.25, -0.2) is 0 Å². The number of fused-ring (bicyclic) bond motifs is 1. The molecule has 0 heterocycles. The van der Waals surface area contributed by atoms with Crippen LogP contribution in [0, 0.1) is 11.8 Å². The lowest BCUT2D eigenvalue weighted by molar-refractivity contribution is -0.117. The molecule has 12 heavy (non-hydrogen) atoms. The normalized spacial score (nSPS) is 47.7. The highest BCUT2D eigenvalue weighted by Gasteiger charge is 2.41. The lowest BCUT2D eigenvalue weighted by Gasteiger charge is -2.32. The van der Waals surface area contributed by atoms with Gasteiger partial charge in [0.1, 0.15) is 5.78 Å². The Bertz CT molecular complexity index is 182. The van der Waals surface area contributed by atoms with Gasteiger partial charge in [0.25, 0.3) is 0 Å². The van der Waals surface area contributed by atoms with Crippen molar-refractivity contribution in [2.24, 2.45) is 11.8 Å². The molecule has 0 aromatic heterocycles. The van der Waals surface area contributed by atoms with Crippen molar-refractivity contribution >= 4 is 5.78 Å². The highest BCUT2D eigenvalue weighted by Crippen LogP contribution is 2.40. The van der Waals surface area contributed by atoms with Crippen LogP contribution in [0.3, 0.4) is 0 Å². The largest absolute Gasteiger partial charge is 0.390 e. The highest BCUT2D eigenvalue weighted by molar-refractivity contribution is 5.81. The van der Waals surface area contributed by atoms with Crippen molar-refractivity contribution in [1.29, 1.82) is 0 Å². The fraction of sp³-hybridized carbons (Fsp3) is 0.889. The van der Waals surface area contributed by atoms with E-state index in [1.807, 2.05) is 0 Å². The number of carbonyl (C=O) groups is 1. The van der Waals surface area contributed by atoms with Gasteiger partial charge in [0.05, 0.1) is 12.2 Å². The van der Waals surface area contributed by atoms with E-state index in [4.69, 9.17) is 0 Å². The van der Waals surface area contributed by atoms with Gasteiger partial charge in [-0.2, -0.15) is 0 Å². The van der Waals surface area contributed by atoms with E-state index in [0.717, 1.165) is 0 Å². The molecular formula is C9H14O3. The van der Waals surface area contributed by atoms with E-state index in [2.05, 4.69) is 0 Å². The molecule has 3 nitrogen and oxygen atoms in total. The summed E-state index contributed by atoms with van der Waals surface area (Å²) in [4.78, 5) is 11.1. The van der Waals surface area contributed by atoms with E-state index in [1.54, 1.807) is 0 Å². The molecule has 68 valence electrons. The Balaban J connectivity index is 2.05. The lowest BCUT2D eigenvalue weighted by Crippen LogP contribution is -2.36. The van der Waals surface area contributed by atoms with E-state index in [0.29, 0.717) is 43.3 Å². The molecule has 2 rings (SSSR count). The van der Waals surface area contributed by atoms with Crippen molar-refractivity contribution in [2.75, 3.05) is 0 Å². The molecule has 2 fully saturated rings. The summed E-state index contributed by atoms with van der Waals surface area (Å²) in [6.07, 6.45) is 1.26. The van der Waals surface area contributed by atoms with Crippen molar-refractivity contribution in [1.82, 2.24) is 0 Å². The van der Waals surface area contributed by atoms with Crippen LogP contribution in [0.2, 0.25) is 0 Å². The quantitative estimate of drug-likeness (QED) is 0.542. The van der Waals surface area contributed by atoms with Gasteiger partial charge >= 0.3 is 0 Å². The predicted octanol–water partition coefficient (Wildman–Crippen LogP) is 0.0973. The number of carbonyl (C=O) groups excluding carboxylic acids is 1. The Morgan fingerprint density at radius 3 is 1.83 bits per heavy atom. The van der Waals surface area contributed by atoms with Gasteiger partial charge in [0.2, 0.25) is 0 Å². The Morgan fingerprint density at radius 2 is 1.42 bits per heavy atom. The first-order chi connectivity index (χ1) is 5.66. The minimum Gasteiger partial charge on any atom is -0.390 e. The van der Waals surface area contributed by atoms with Crippen LogP contribution in [0.15, 0.2) is 0 Å². The molecule has 2 aliphatic carbocycles. The Morgan fingerprint density at radius 1 is 1.00 bits per heavy atom. The summed E-state index contributed by atoms with van der Waals surface area (Å²) in [5, 5.41) is 18.7. The monoisotopic (exact) mass is 170 g/mol. The Hall–Kier alpha value is -0.410. The van der Waals surface area contributed by atoms with Crippen LogP contribution in [-0.4, -0.2) is 28.2 Å². The number of rotatable bonds is 0. The average Bonchev–Trinajstić information content (AvgIpc) is 2.30. The van der Waals surface area contributed by atoms with Crippen LogP contribution >= 0.6 is 0 Å². The van der Waals surface area contributed by atoms with Crippen LogP contribution in [0.1, 0.15) is 25.7 Å². The zero-order chi connectivity index (χ0) is 8.72. The zero-order valence-corrected chi connectivity index (χ0v) is 6.94. The first-order valence-electron chi connectivity index (χ1n) is 4.54. The number of Topliss-reactive ketones (excluding diaryl/α,β-unsaturated/α-hetero) is 1. The summed E-state index contributed by atoms with van der Waals surface area (Å²) >= 11 is 0. The predicted molar refractivity (Wildman–Crippen MR) is 42.5 cm³/mol. The molecule has 0 bridgehead atoms. The SMILES string of the molecule is O=C1C[C@@H]2C[C@@H](O)[C@@H](O)C[C@H]2C1. The molecule has 0 aliphatic heterocycles. The summed E-state index contributed by atoms with van der Waals surface area (Å²) < 4.78 is 0. The molecule has 3 heteroatoms. The van der Waals surface area contributed by atoms with Gasteiger partial charge < -0.3 is 10.2 Å². The van der Waals surface area contributed by atoms with Gasteiger partial charge in [0.15, 0.2) is 0 Å². The molecule has 0 aromatic rings. The molecule has 0 spiro atoms. The standard InChI is InChI=1S/C9H14O3/c10-7-1-5-3-8(11)9(12)4-6(5)2-7/h5-6,8-9,11-12H,1-4H2/t5-,6-,8-,9+/m1/s1. The van der Waals surface area contributed by atoms with E-state index < -0.39 is 12.2 Å². The number of ketones is 1. The second-order valence-electron chi connectivity index (χ2n) is 4.07. The lowest BCUT2D eigenvalue weighted by atomic mass is 9.79. The number of aliphatic hydroxyl groups excluding tert-OH is 2. The number of hydrogen-bond acceptors (Lipinski definition) is 3. The third kappa shape index (κ3) is 1.27. The van der Waals surface area contributed by atoms with Crippen molar-refractivity contribution in [3.8, 4) is 0 Å². The summed E-state index contributed by atoms with van der Waals surface area (Å²) in [7, 11) is 0. The fourth-order valence-electron chi connectivity index (χ4n) is 2.49. The van der Waals surface area contributed by atoms with Crippen LogP contribution < -0.4 is 0 Å². The number of aliphatic hydroxyl groups is 2. The molecule has 4 atom stereocenters. The van der Waals surface area contributed by atoms with Crippen LogP contribution in [0.25, 0.3) is 0 Å². The van der Waals surface area contributed by atoms with Gasteiger partial charge in [-0.15, -0.1) is 0 Å². The molecule has 2 aliphatic rings. The van der Waals surface area contributed by atoms with Gasteiger partial charge in [0, 0.05) is 12.8 Å². The van der Waals surface area contributed by atoms with Crippen molar-refractivity contribution in [2.45, 2.75) is 37.9 Å². The second kappa shape index (κ2) is 2.82. The van der Waals surface area contributed by atoms with E-state index in [9.17, 15) is 15.0 Å². The van der Waals surface area contributed by atoms with Gasteiger partial charge in [-0.05, 0) is 24.7 Å². The second-order valence-corrected chi connectivity index (χ2v) is 4.07. The molecular weight excluding hydrogens is 156 g/mol. The summed E-state index contributed by atoms with van der Waals surface area (Å²) in [6.45, 7) is 0. The third-order valence-electron chi connectivity index (χ3n) is 3.18. The highest BCUT2D eigenvalue weighted by atomic mass is 16.3. The smallest absolute Gasteiger partial charge is 0.133 e. The minimum absolute atomic E-state index is 0.298. The summed E-state index contributed by atoms with van der Waals surface area (Å²) in [6, 6.07) is 0. The molecule has 0 unspecified atom stereocenters. The van der Waals surface area contributed by atoms with Crippen LogP contribution in [0.4, 0.5) is 0 Å². The maximum atomic E-state index is 11.1. The number of hydrogen-bond donors (Lipinski definition) is 2. The zero-order valence-electron chi connectivity index (χ0n) is 6.94. The average molecular weight is 170 g/mol. The van der Waals surface area contributed by atoms with E-state index >= 15 is 0 Å². The molecule has 0 radical (unpaired) electrons. The molecule has 0 saturated heterocycles. The first-order valence-corrected chi connectivity index (χ1v) is 4.54. The van der Waals surface area contributed by atoms with Crippen molar-refractivity contribution < 1.29 is 15.0 Å². The van der Waals surface area contributed by atoms with Crippen molar-refractivity contribution in [3.63, 3.8) is 0 Å². The van der Waals surface area contributed by atoms with Crippen molar-refractivity contribution in [3.05, 3.63) is 0 Å². The molecule has 0 aromatic carbocycles. The Labute approximate surface area is 71.4 Å². The topological polar surface area (TPSA) is 57.5 Å². The van der Waals surface area contributed by atoms with Gasteiger partial charge in [-0.1, -0.05) is 0 Å². The maximum absolute atomic E-state index is 11.1. The first kappa shape index (κ1) is 8.20. The van der Waals surface area contributed by atoms with Crippen LogP contribution in [0.5, 0.6) is 0 Å². The third-order valence-corrected chi connectivity index (χ3v) is 3.18. The molecule has 2 saturated carbocycles. The van der Waals surface area contributed by atoms with E-state index in [-0.39, 0.29) is 0 Å². The minimum atomic E-state index is -0.600. The van der Waals surface area contributed by atoms with Gasteiger partial charge in [-0.3, -0.25) is 4.79 Å². The van der Waals surface area contributed by atoms with E-state index in [1.165, 1.54) is 0 Å².